The molecular weight excluding hydrogens is 244 g/mol. The third-order valence-electron chi connectivity index (χ3n) is 2.51. The average Bonchev–Trinajstić information content (AvgIpc) is 2.90. The zero-order chi connectivity index (χ0) is 13.0. The van der Waals surface area contributed by atoms with E-state index in [1.54, 1.807) is 17.5 Å². The van der Waals surface area contributed by atoms with Crippen LogP contribution in [0.2, 0.25) is 0 Å². The average molecular weight is 260 g/mol. The van der Waals surface area contributed by atoms with Gasteiger partial charge in [-0.25, -0.2) is 0 Å². The molecule has 2 heterocycles. The van der Waals surface area contributed by atoms with Crippen LogP contribution in [0.3, 0.4) is 0 Å². The standard InChI is InChI=1S/C14H16N2OS/c1-10(2)7-16-14(17)11-3-4-13(15-8-11)12-5-6-18-9-12/h3-6,8-10H,7H2,1-2H3,(H,16,17). The molecule has 2 rings (SSSR count). The van der Waals surface area contributed by atoms with Crippen molar-refractivity contribution in [2.45, 2.75) is 13.8 Å². The van der Waals surface area contributed by atoms with Crippen LogP contribution in [-0.2, 0) is 0 Å². The molecule has 1 N–H and O–H groups in total. The van der Waals surface area contributed by atoms with E-state index in [0.717, 1.165) is 11.3 Å². The molecule has 0 saturated carbocycles. The van der Waals surface area contributed by atoms with E-state index in [0.29, 0.717) is 18.0 Å². The van der Waals surface area contributed by atoms with Crippen LogP contribution in [0.1, 0.15) is 24.2 Å². The first kappa shape index (κ1) is 12.8. The molecule has 0 unspecified atom stereocenters. The number of thiophene rings is 1. The SMILES string of the molecule is CC(C)CNC(=O)c1ccc(-c2ccsc2)nc1. The van der Waals surface area contributed by atoms with Gasteiger partial charge in [0.05, 0.1) is 11.3 Å². The van der Waals surface area contributed by atoms with Gasteiger partial charge in [-0.2, -0.15) is 11.3 Å². The fourth-order valence-corrected chi connectivity index (χ4v) is 2.16. The summed E-state index contributed by atoms with van der Waals surface area (Å²) in [5, 5.41) is 6.93. The lowest BCUT2D eigenvalue weighted by molar-refractivity contribution is 0.0948. The van der Waals surface area contributed by atoms with Crippen LogP contribution in [0.4, 0.5) is 0 Å². The summed E-state index contributed by atoms with van der Waals surface area (Å²) in [6.45, 7) is 4.82. The Morgan fingerprint density at radius 2 is 2.22 bits per heavy atom. The van der Waals surface area contributed by atoms with Crippen molar-refractivity contribution in [3.8, 4) is 11.3 Å². The highest BCUT2D eigenvalue weighted by atomic mass is 32.1. The number of hydrogen-bond acceptors (Lipinski definition) is 3. The molecule has 1 amide bonds. The molecule has 2 aromatic rings. The van der Waals surface area contributed by atoms with Gasteiger partial charge in [0.15, 0.2) is 0 Å². The minimum absolute atomic E-state index is 0.0620. The molecule has 0 saturated heterocycles. The third-order valence-corrected chi connectivity index (χ3v) is 3.20. The van der Waals surface area contributed by atoms with E-state index in [-0.39, 0.29) is 5.91 Å². The number of nitrogens with zero attached hydrogens (tertiary/aromatic N) is 1. The Kier molecular flexibility index (Phi) is 4.10. The van der Waals surface area contributed by atoms with Crippen molar-refractivity contribution in [3.05, 3.63) is 40.7 Å². The molecule has 94 valence electrons. The summed E-state index contributed by atoms with van der Waals surface area (Å²) in [6, 6.07) is 5.72. The Morgan fingerprint density at radius 3 is 2.78 bits per heavy atom. The van der Waals surface area contributed by atoms with Crippen LogP contribution in [0.5, 0.6) is 0 Å². The van der Waals surface area contributed by atoms with E-state index < -0.39 is 0 Å². The van der Waals surface area contributed by atoms with Crippen LogP contribution < -0.4 is 5.32 Å². The van der Waals surface area contributed by atoms with E-state index >= 15 is 0 Å². The van der Waals surface area contributed by atoms with Gasteiger partial charge in [0.2, 0.25) is 0 Å². The third kappa shape index (κ3) is 3.17. The van der Waals surface area contributed by atoms with Crippen LogP contribution >= 0.6 is 11.3 Å². The number of carbonyl (C=O) groups is 1. The van der Waals surface area contributed by atoms with Gasteiger partial charge < -0.3 is 5.32 Å². The fourth-order valence-electron chi connectivity index (χ4n) is 1.51. The van der Waals surface area contributed by atoms with Crippen LogP contribution in [0.25, 0.3) is 11.3 Å². The van der Waals surface area contributed by atoms with Crippen molar-refractivity contribution >= 4 is 17.2 Å². The maximum atomic E-state index is 11.8. The van der Waals surface area contributed by atoms with Crippen molar-refractivity contribution in [3.63, 3.8) is 0 Å². The predicted molar refractivity (Wildman–Crippen MR) is 74.7 cm³/mol. The summed E-state index contributed by atoms with van der Waals surface area (Å²) < 4.78 is 0. The largest absolute Gasteiger partial charge is 0.352 e. The van der Waals surface area contributed by atoms with E-state index in [1.165, 1.54) is 0 Å². The Morgan fingerprint density at radius 1 is 1.39 bits per heavy atom. The van der Waals surface area contributed by atoms with E-state index in [4.69, 9.17) is 0 Å². The zero-order valence-electron chi connectivity index (χ0n) is 10.5. The Balaban J connectivity index is 2.06. The van der Waals surface area contributed by atoms with Crippen molar-refractivity contribution in [1.82, 2.24) is 10.3 Å². The summed E-state index contributed by atoms with van der Waals surface area (Å²) in [4.78, 5) is 16.1. The Bertz CT molecular complexity index is 503. The number of nitrogens with one attached hydrogen (secondary N) is 1. The summed E-state index contributed by atoms with van der Waals surface area (Å²) in [5.74, 6) is 0.389. The van der Waals surface area contributed by atoms with Crippen molar-refractivity contribution in [2.24, 2.45) is 5.92 Å². The summed E-state index contributed by atoms with van der Waals surface area (Å²) in [5.41, 5.74) is 2.60. The van der Waals surface area contributed by atoms with Crippen LogP contribution in [0, 0.1) is 5.92 Å². The number of amides is 1. The summed E-state index contributed by atoms with van der Waals surface area (Å²) in [7, 11) is 0. The maximum absolute atomic E-state index is 11.8. The van der Waals surface area contributed by atoms with E-state index in [2.05, 4.69) is 24.1 Å². The molecule has 0 aliphatic carbocycles. The monoisotopic (exact) mass is 260 g/mol. The number of hydrogen-bond donors (Lipinski definition) is 1. The molecule has 0 atom stereocenters. The van der Waals surface area contributed by atoms with Gasteiger partial charge >= 0.3 is 0 Å². The van der Waals surface area contributed by atoms with Gasteiger partial charge in [-0.15, -0.1) is 0 Å². The number of carbonyl (C=O) groups excluding carboxylic acids is 1. The van der Waals surface area contributed by atoms with E-state index in [1.807, 2.05) is 29.0 Å². The predicted octanol–water partition coefficient (Wildman–Crippen LogP) is 3.20. The molecule has 0 radical (unpaired) electrons. The zero-order valence-corrected chi connectivity index (χ0v) is 11.3. The highest BCUT2D eigenvalue weighted by Crippen LogP contribution is 2.19. The molecule has 0 aliphatic rings. The Hall–Kier alpha value is -1.68. The second kappa shape index (κ2) is 5.78. The molecule has 4 heteroatoms. The molecule has 2 aromatic heterocycles. The van der Waals surface area contributed by atoms with Crippen LogP contribution in [-0.4, -0.2) is 17.4 Å². The summed E-state index contributed by atoms with van der Waals surface area (Å²) in [6.07, 6.45) is 1.63. The maximum Gasteiger partial charge on any atom is 0.252 e. The minimum Gasteiger partial charge on any atom is -0.352 e. The lowest BCUT2D eigenvalue weighted by Gasteiger charge is -2.07. The molecule has 0 bridgehead atoms. The second-order valence-corrected chi connectivity index (χ2v) is 5.33. The highest BCUT2D eigenvalue weighted by Gasteiger charge is 2.07. The van der Waals surface area contributed by atoms with Gasteiger partial charge in [-0.05, 0) is 29.5 Å². The summed E-state index contributed by atoms with van der Waals surface area (Å²) >= 11 is 1.64. The van der Waals surface area contributed by atoms with Gasteiger partial charge in [0.1, 0.15) is 0 Å². The first-order valence-electron chi connectivity index (χ1n) is 5.93. The first-order chi connectivity index (χ1) is 8.66. The van der Waals surface area contributed by atoms with Gasteiger partial charge in [0.25, 0.3) is 5.91 Å². The molecule has 0 aliphatic heterocycles. The number of rotatable bonds is 4. The number of pyridine rings is 1. The molecule has 18 heavy (non-hydrogen) atoms. The second-order valence-electron chi connectivity index (χ2n) is 4.55. The Labute approximate surface area is 111 Å². The quantitative estimate of drug-likeness (QED) is 0.917. The number of aromatic nitrogens is 1. The van der Waals surface area contributed by atoms with Gasteiger partial charge in [-0.3, -0.25) is 9.78 Å². The van der Waals surface area contributed by atoms with Gasteiger partial charge in [-0.1, -0.05) is 13.8 Å². The molecule has 0 spiro atoms. The highest BCUT2D eigenvalue weighted by molar-refractivity contribution is 7.08. The van der Waals surface area contributed by atoms with Crippen molar-refractivity contribution in [1.29, 1.82) is 0 Å². The van der Waals surface area contributed by atoms with Crippen molar-refractivity contribution < 1.29 is 4.79 Å². The minimum atomic E-state index is -0.0620. The van der Waals surface area contributed by atoms with Crippen LogP contribution in [0.15, 0.2) is 35.2 Å². The molecule has 3 nitrogen and oxygen atoms in total. The lowest BCUT2D eigenvalue weighted by Crippen LogP contribution is -2.27. The smallest absolute Gasteiger partial charge is 0.252 e. The van der Waals surface area contributed by atoms with Gasteiger partial charge in [0, 0.05) is 23.7 Å². The fraction of sp³-hybridized carbons (Fsp3) is 0.286. The molecule has 0 fully saturated rings. The van der Waals surface area contributed by atoms with E-state index in [9.17, 15) is 4.79 Å². The molecular formula is C14H16N2OS. The van der Waals surface area contributed by atoms with Crippen molar-refractivity contribution in [2.75, 3.05) is 6.54 Å². The normalized spacial score (nSPS) is 10.6. The lowest BCUT2D eigenvalue weighted by atomic mass is 10.1. The molecule has 0 aromatic carbocycles. The topological polar surface area (TPSA) is 42.0 Å². The first-order valence-corrected chi connectivity index (χ1v) is 6.88.